The van der Waals surface area contributed by atoms with Crippen molar-refractivity contribution in [3.05, 3.63) is 83.9 Å². The molecule has 1 N–H and O–H groups in total. The van der Waals surface area contributed by atoms with Crippen LogP contribution in [-0.4, -0.2) is 10.9 Å². The van der Waals surface area contributed by atoms with Gasteiger partial charge in [-0.15, -0.1) is 0 Å². The maximum absolute atomic E-state index is 12.4. The Balaban J connectivity index is 1.54. The quantitative estimate of drug-likeness (QED) is 0.431. The first-order valence-electron chi connectivity index (χ1n) is 9.97. The van der Waals surface area contributed by atoms with E-state index in [0.29, 0.717) is 18.2 Å². The van der Waals surface area contributed by atoms with Gasteiger partial charge in [-0.05, 0) is 53.8 Å². The Bertz CT molecular complexity index is 1130. The number of nitrogens with one attached hydrogen (secondary N) is 1. The van der Waals surface area contributed by atoms with Crippen molar-refractivity contribution in [3.8, 4) is 11.5 Å². The molecule has 1 aromatic heterocycles. The molecule has 4 rings (SSSR count). The van der Waals surface area contributed by atoms with Crippen LogP contribution in [0.2, 0.25) is 0 Å². The monoisotopic (exact) mass is 384 g/mol. The van der Waals surface area contributed by atoms with Crippen molar-refractivity contribution in [2.24, 2.45) is 0 Å². The minimum atomic E-state index is -0.0517. The van der Waals surface area contributed by atoms with Crippen LogP contribution in [0.1, 0.15) is 37.3 Å². The van der Waals surface area contributed by atoms with Crippen LogP contribution in [0.3, 0.4) is 0 Å². The molecule has 3 aromatic carbocycles. The van der Waals surface area contributed by atoms with E-state index in [9.17, 15) is 4.79 Å². The van der Waals surface area contributed by atoms with Crippen LogP contribution in [0.25, 0.3) is 22.6 Å². The number of oxazole rings is 1. The summed E-state index contributed by atoms with van der Waals surface area (Å²) < 4.78 is 5.95. The highest BCUT2D eigenvalue weighted by atomic mass is 16.3. The van der Waals surface area contributed by atoms with Crippen LogP contribution in [0.15, 0.2) is 77.2 Å². The largest absolute Gasteiger partial charge is 0.436 e. The summed E-state index contributed by atoms with van der Waals surface area (Å²) in [5.41, 5.74) is 5.44. The van der Waals surface area contributed by atoms with Gasteiger partial charge in [0.1, 0.15) is 5.52 Å². The van der Waals surface area contributed by atoms with Gasteiger partial charge in [0.2, 0.25) is 11.8 Å². The molecule has 0 unspecified atom stereocenters. The number of benzene rings is 3. The van der Waals surface area contributed by atoms with Gasteiger partial charge in [-0.25, -0.2) is 4.98 Å². The van der Waals surface area contributed by atoms with E-state index in [1.807, 2.05) is 60.7 Å². The van der Waals surface area contributed by atoms with Gasteiger partial charge < -0.3 is 9.73 Å². The first kappa shape index (κ1) is 18.9. The molecule has 1 heterocycles. The van der Waals surface area contributed by atoms with Crippen LogP contribution >= 0.6 is 0 Å². The lowest BCUT2D eigenvalue weighted by molar-refractivity contribution is -0.115. The number of fused-ring (bicyclic) bond motifs is 1. The summed E-state index contributed by atoms with van der Waals surface area (Å²) in [5, 5.41) is 2.96. The standard InChI is InChI=1S/C25H24N2O2/c1-3-17(2)19-12-13-23-22(16-19)27-25(29-23)20-10-7-11-21(15-20)26-24(28)14-18-8-5-4-6-9-18/h4-13,15-17H,3,14H2,1-2H3,(H,26,28)/t17-/m1/s1. The van der Waals surface area contributed by atoms with Crippen molar-refractivity contribution in [3.63, 3.8) is 0 Å². The molecule has 0 bridgehead atoms. The Morgan fingerprint density at radius 3 is 2.66 bits per heavy atom. The fraction of sp³-hybridized carbons (Fsp3) is 0.200. The predicted octanol–water partition coefficient (Wildman–Crippen LogP) is 6.19. The van der Waals surface area contributed by atoms with E-state index >= 15 is 0 Å². The highest BCUT2D eigenvalue weighted by molar-refractivity contribution is 5.92. The van der Waals surface area contributed by atoms with Gasteiger partial charge in [-0.2, -0.15) is 0 Å². The third kappa shape index (κ3) is 4.37. The third-order valence-electron chi connectivity index (χ3n) is 5.19. The summed E-state index contributed by atoms with van der Waals surface area (Å²) in [5.74, 6) is 0.993. The van der Waals surface area contributed by atoms with E-state index in [1.54, 1.807) is 0 Å². The lowest BCUT2D eigenvalue weighted by atomic mass is 9.98. The summed E-state index contributed by atoms with van der Waals surface area (Å²) in [7, 11) is 0. The maximum Gasteiger partial charge on any atom is 0.228 e. The number of hydrogen-bond donors (Lipinski definition) is 1. The second-order valence-electron chi connectivity index (χ2n) is 7.35. The minimum absolute atomic E-state index is 0.0517. The summed E-state index contributed by atoms with van der Waals surface area (Å²) in [4.78, 5) is 17.0. The van der Waals surface area contributed by atoms with Gasteiger partial charge in [-0.1, -0.05) is 56.3 Å². The lowest BCUT2D eigenvalue weighted by Gasteiger charge is -2.07. The molecule has 146 valence electrons. The number of anilines is 1. The van der Waals surface area contributed by atoms with E-state index in [1.165, 1.54) is 5.56 Å². The zero-order chi connectivity index (χ0) is 20.2. The molecular formula is C25H24N2O2. The molecular weight excluding hydrogens is 360 g/mol. The Morgan fingerprint density at radius 2 is 1.86 bits per heavy atom. The number of carbonyl (C=O) groups is 1. The first-order valence-corrected chi connectivity index (χ1v) is 9.97. The van der Waals surface area contributed by atoms with Crippen LogP contribution in [0.4, 0.5) is 5.69 Å². The zero-order valence-electron chi connectivity index (χ0n) is 16.7. The fourth-order valence-electron chi connectivity index (χ4n) is 3.33. The second kappa shape index (κ2) is 8.31. The number of amides is 1. The molecule has 1 amide bonds. The van der Waals surface area contributed by atoms with Gasteiger partial charge in [0.15, 0.2) is 5.58 Å². The van der Waals surface area contributed by atoms with Crippen LogP contribution in [-0.2, 0) is 11.2 Å². The molecule has 0 saturated heterocycles. The van der Waals surface area contributed by atoms with Gasteiger partial charge in [0.25, 0.3) is 0 Å². The van der Waals surface area contributed by atoms with Crippen LogP contribution in [0.5, 0.6) is 0 Å². The van der Waals surface area contributed by atoms with Crippen molar-refractivity contribution >= 4 is 22.7 Å². The van der Waals surface area contributed by atoms with E-state index in [2.05, 4.69) is 36.3 Å². The van der Waals surface area contributed by atoms with Gasteiger partial charge in [-0.3, -0.25) is 4.79 Å². The van der Waals surface area contributed by atoms with E-state index in [-0.39, 0.29) is 5.91 Å². The number of aromatic nitrogens is 1. The maximum atomic E-state index is 12.4. The average Bonchev–Trinajstić information content (AvgIpc) is 3.17. The van der Waals surface area contributed by atoms with Gasteiger partial charge >= 0.3 is 0 Å². The van der Waals surface area contributed by atoms with Crippen molar-refractivity contribution < 1.29 is 9.21 Å². The first-order chi connectivity index (χ1) is 14.1. The Labute approximate surface area is 170 Å². The fourth-order valence-corrected chi connectivity index (χ4v) is 3.33. The molecule has 0 fully saturated rings. The van der Waals surface area contributed by atoms with Crippen LogP contribution < -0.4 is 5.32 Å². The molecule has 0 spiro atoms. The molecule has 0 aliphatic heterocycles. The number of rotatable bonds is 6. The highest BCUT2D eigenvalue weighted by Crippen LogP contribution is 2.29. The summed E-state index contributed by atoms with van der Waals surface area (Å²) in [6.07, 6.45) is 1.42. The van der Waals surface area contributed by atoms with E-state index in [4.69, 9.17) is 4.42 Å². The highest BCUT2D eigenvalue weighted by Gasteiger charge is 2.12. The molecule has 0 saturated carbocycles. The van der Waals surface area contributed by atoms with E-state index in [0.717, 1.165) is 34.3 Å². The van der Waals surface area contributed by atoms with Crippen molar-refractivity contribution in [2.75, 3.05) is 5.32 Å². The Morgan fingerprint density at radius 1 is 1.03 bits per heavy atom. The third-order valence-corrected chi connectivity index (χ3v) is 5.19. The molecule has 0 radical (unpaired) electrons. The van der Waals surface area contributed by atoms with Crippen molar-refractivity contribution in [2.45, 2.75) is 32.6 Å². The normalized spacial score (nSPS) is 12.1. The zero-order valence-corrected chi connectivity index (χ0v) is 16.7. The number of nitrogens with zero attached hydrogens (tertiary/aromatic N) is 1. The van der Waals surface area contributed by atoms with E-state index < -0.39 is 0 Å². The smallest absolute Gasteiger partial charge is 0.228 e. The lowest BCUT2D eigenvalue weighted by Crippen LogP contribution is -2.14. The van der Waals surface area contributed by atoms with Crippen molar-refractivity contribution in [1.82, 2.24) is 4.98 Å². The molecule has 29 heavy (non-hydrogen) atoms. The van der Waals surface area contributed by atoms with Crippen LogP contribution in [0, 0.1) is 0 Å². The van der Waals surface area contributed by atoms with Gasteiger partial charge in [0.05, 0.1) is 6.42 Å². The molecule has 1 atom stereocenters. The minimum Gasteiger partial charge on any atom is -0.436 e. The number of carbonyl (C=O) groups excluding carboxylic acids is 1. The SMILES string of the molecule is CC[C@@H](C)c1ccc2oc(-c3cccc(NC(=O)Cc4ccccc4)c3)nc2c1. The summed E-state index contributed by atoms with van der Waals surface area (Å²) in [6.45, 7) is 4.39. The Hall–Kier alpha value is -3.40. The summed E-state index contributed by atoms with van der Waals surface area (Å²) >= 11 is 0. The molecule has 4 heteroatoms. The van der Waals surface area contributed by atoms with Gasteiger partial charge in [0, 0.05) is 11.3 Å². The average molecular weight is 384 g/mol. The number of hydrogen-bond acceptors (Lipinski definition) is 3. The summed E-state index contributed by atoms with van der Waals surface area (Å²) in [6, 6.07) is 23.5. The van der Waals surface area contributed by atoms with Crippen molar-refractivity contribution in [1.29, 1.82) is 0 Å². The molecule has 4 nitrogen and oxygen atoms in total. The molecule has 0 aliphatic rings. The molecule has 0 aliphatic carbocycles. The topological polar surface area (TPSA) is 55.1 Å². The second-order valence-corrected chi connectivity index (χ2v) is 7.35. The Kier molecular flexibility index (Phi) is 5.43. The predicted molar refractivity (Wildman–Crippen MR) is 117 cm³/mol. The molecule has 4 aromatic rings.